The molecule has 0 spiro atoms. The number of carbonyl (C=O) groups excluding carboxylic acids is 2. The molecule has 0 aliphatic carbocycles. The Hall–Kier alpha value is -2.08. The summed E-state index contributed by atoms with van der Waals surface area (Å²) < 4.78 is 16.1. The molecule has 10 heteroatoms. The summed E-state index contributed by atoms with van der Waals surface area (Å²) in [4.78, 5) is 24.2. The highest BCUT2D eigenvalue weighted by atomic mass is 16.7. The van der Waals surface area contributed by atoms with Crippen molar-refractivity contribution in [3.63, 3.8) is 0 Å². The first-order valence-electron chi connectivity index (χ1n) is 9.10. The van der Waals surface area contributed by atoms with E-state index in [9.17, 15) is 24.9 Å². The molecule has 1 aliphatic rings. The standard InChI is InChI=1S/C19H27NO9/c1-11(22)20-15-13(23)8-19(27-2,29-17(15)16(25)14(24)9-21)18(26)28-10-12-6-4-3-5-7-12/h3-7,13-17,21,23-25H,8-10H2,1-2H3,(H,20,22)/t13-,14+,15+,16+,17+,19+/m0/s1. The van der Waals surface area contributed by atoms with Crippen LogP contribution in [0.1, 0.15) is 18.9 Å². The van der Waals surface area contributed by atoms with E-state index in [0.29, 0.717) is 5.56 Å². The summed E-state index contributed by atoms with van der Waals surface area (Å²) in [7, 11) is 1.17. The van der Waals surface area contributed by atoms with Crippen LogP contribution in [-0.4, -0.2) is 82.3 Å². The van der Waals surface area contributed by atoms with E-state index in [1.807, 2.05) is 6.07 Å². The SMILES string of the molecule is CO[C@]1(C(=O)OCc2ccccc2)C[C@H](O)[C@@H](NC(C)=O)[C@H]([C@H](O)[C@H](O)CO)O1. The average molecular weight is 413 g/mol. The van der Waals surface area contributed by atoms with Gasteiger partial charge in [0.1, 0.15) is 24.9 Å². The number of benzene rings is 1. The Kier molecular flexibility index (Phi) is 8.08. The molecule has 1 heterocycles. The quantitative estimate of drug-likeness (QED) is 0.318. The average Bonchev–Trinajstić information content (AvgIpc) is 2.72. The fourth-order valence-electron chi connectivity index (χ4n) is 3.16. The molecular formula is C19H27NO9. The largest absolute Gasteiger partial charge is 0.457 e. The Labute approximate surface area is 168 Å². The van der Waals surface area contributed by atoms with Gasteiger partial charge in [0.05, 0.1) is 18.8 Å². The van der Waals surface area contributed by atoms with Crippen LogP contribution in [0.15, 0.2) is 30.3 Å². The number of aliphatic hydroxyl groups is 4. The van der Waals surface area contributed by atoms with Crippen LogP contribution < -0.4 is 5.32 Å². The maximum atomic E-state index is 12.7. The lowest BCUT2D eigenvalue weighted by Gasteiger charge is -2.46. The molecule has 0 radical (unpaired) electrons. The van der Waals surface area contributed by atoms with E-state index in [-0.39, 0.29) is 13.0 Å². The van der Waals surface area contributed by atoms with Crippen molar-refractivity contribution in [2.45, 2.75) is 56.2 Å². The molecule has 5 N–H and O–H groups in total. The van der Waals surface area contributed by atoms with Crippen LogP contribution in [0.3, 0.4) is 0 Å². The van der Waals surface area contributed by atoms with E-state index < -0.39 is 54.7 Å². The van der Waals surface area contributed by atoms with Gasteiger partial charge in [0.2, 0.25) is 5.91 Å². The number of aliphatic hydroxyl groups excluding tert-OH is 4. The van der Waals surface area contributed by atoms with Crippen LogP contribution in [0.5, 0.6) is 0 Å². The van der Waals surface area contributed by atoms with Crippen molar-refractivity contribution in [2.24, 2.45) is 0 Å². The summed E-state index contributed by atoms with van der Waals surface area (Å²) in [6, 6.07) is 7.70. The Balaban J connectivity index is 2.24. The molecule has 0 bridgehead atoms. The second-order valence-corrected chi connectivity index (χ2v) is 6.84. The number of hydrogen-bond acceptors (Lipinski definition) is 9. The van der Waals surface area contributed by atoms with Gasteiger partial charge in [-0.25, -0.2) is 4.79 Å². The first-order chi connectivity index (χ1) is 13.7. The van der Waals surface area contributed by atoms with Gasteiger partial charge in [-0.15, -0.1) is 0 Å². The molecule has 0 aromatic heterocycles. The van der Waals surface area contributed by atoms with Gasteiger partial charge >= 0.3 is 5.97 Å². The summed E-state index contributed by atoms with van der Waals surface area (Å²) in [5.74, 6) is -3.55. The smallest absolute Gasteiger partial charge is 0.367 e. The van der Waals surface area contributed by atoms with Crippen LogP contribution in [0.4, 0.5) is 0 Å². The summed E-state index contributed by atoms with van der Waals surface area (Å²) in [5.41, 5.74) is 0.715. The molecule has 1 aromatic rings. The van der Waals surface area contributed by atoms with E-state index in [0.717, 1.165) is 0 Å². The summed E-state index contributed by atoms with van der Waals surface area (Å²) in [5, 5.41) is 42.3. The van der Waals surface area contributed by atoms with E-state index in [4.69, 9.17) is 19.3 Å². The van der Waals surface area contributed by atoms with Gasteiger partial charge < -0.3 is 40.0 Å². The maximum absolute atomic E-state index is 12.7. The predicted octanol–water partition coefficient (Wildman–Crippen LogP) is -1.56. The van der Waals surface area contributed by atoms with Gasteiger partial charge in [0, 0.05) is 20.5 Å². The van der Waals surface area contributed by atoms with Gasteiger partial charge in [-0.2, -0.15) is 0 Å². The summed E-state index contributed by atoms with van der Waals surface area (Å²) in [6.45, 7) is 0.319. The zero-order chi connectivity index (χ0) is 21.6. The van der Waals surface area contributed by atoms with Crippen LogP contribution in [0, 0.1) is 0 Å². The number of rotatable bonds is 8. The normalized spacial score (nSPS) is 29.0. The van der Waals surface area contributed by atoms with E-state index in [1.54, 1.807) is 24.3 Å². The second kappa shape index (κ2) is 10.1. The molecule has 6 atom stereocenters. The van der Waals surface area contributed by atoms with E-state index in [1.165, 1.54) is 14.0 Å². The molecule has 1 saturated heterocycles. The number of nitrogens with one attached hydrogen (secondary N) is 1. The Bertz CT molecular complexity index is 686. The Morgan fingerprint density at radius 1 is 1.31 bits per heavy atom. The van der Waals surface area contributed by atoms with Crippen LogP contribution in [-0.2, 0) is 30.4 Å². The fourth-order valence-corrected chi connectivity index (χ4v) is 3.16. The highest BCUT2D eigenvalue weighted by molar-refractivity contribution is 5.78. The van der Waals surface area contributed by atoms with Crippen molar-refractivity contribution in [1.29, 1.82) is 0 Å². The molecule has 1 amide bonds. The van der Waals surface area contributed by atoms with E-state index >= 15 is 0 Å². The van der Waals surface area contributed by atoms with Crippen molar-refractivity contribution in [3.8, 4) is 0 Å². The third-order valence-corrected chi connectivity index (χ3v) is 4.71. The lowest BCUT2D eigenvalue weighted by molar-refractivity contribution is -0.306. The number of hydrogen-bond donors (Lipinski definition) is 5. The van der Waals surface area contributed by atoms with Gasteiger partial charge in [-0.3, -0.25) is 4.79 Å². The van der Waals surface area contributed by atoms with Gasteiger partial charge in [0.25, 0.3) is 5.79 Å². The third-order valence-electron chi connectivity index (χ3n) is 4.71. The second-order valence-electron chi connectivity index (χ2n) is 6.84. The lowest BCUT2D eigenvalue weighted by Crippen LogP contribution is -2.67. The summed E-state index contributed by atoms with van der Waals surface area (Å²) >= 11 is 0. The third kappa shape index (κ3) is 5.50. The lowest BCUT2D eigenvalue weighted by atomic mass is 9.88. The monoisotopic (exact) mass is 413 g/mol. The molecule has 29 heavy (non-hydrogen) atoms. The number of carbonyl (C=O) groups is 2. The molecule has 10 nitrogen and oxygen atoms in total. The van der Waals surface area contributed by atoms with Crippen LogP contribution in [0.2, 0.25) is 0 Å². The predicted molar refractivity (Wildman–Crippen MR) is 98.2 cm³/mol. The molecule has 0 saturated carbocycles. The minimum atomic E-state index is -2.08. The maximum Gasteiger partial charge on any atom is 0.367 e. The molecular weight excluding hydrogens is 386 g/mol. The zero-order valence-electron chi connectivity index (χ0n) is 16.2. The Morgan fingerprint density at radius 3 is 2.52 bits per heavy atom. The zero-order valence-corrected chi connectivity index (χ0v) is 16.2. The minimum Gasteiger partial charge on any atom is -0.457 e. The highest BCUT2D eigenvalue weighted by Crippen LogP contribution is 2.34. The molecule has 0 unspecified atom stereocenters. The fraction of sp³-hybridized carbons (Fsp3) is 0.579. The minimum absolute atomic E-state index is 0.0775. The molecule has 162 valence electrons. The van der Waals surface area contributed by atoms with Gasteiger partial charge in [-0.05, 0) is 5.56 Å². The molecule has 1 aromatic carbocycles. The molecule has 2 rings (SSSR count). The van der Waals surface area contributed by atoms with Crippen molar-refractivity contribution in [2.75, 3.05) is 13.7 Å². The molecule has 1 aliphatic heterocycles. The van der Waals surface area contributed by atoms with E-state index in [2.05, 4.69) is 5.32 Å². The highest BCUT2D eigenvalue weighted by Gasteiger charge is 2.55. The number of ether oxygens (including phenoxy) is 3. The van der Waals surface area contributed by atoms with Crippen LogP contribution in [0.25, 0.3) is 0 Å². The number of esters is 1. The van der Waals surface area contributed by atoms with Crippen molar-refractivity contribution in [3.05, 3.63) is 35.9 Å². The van der Waals surface area contributed by atoms with Gasteiger partial charge in [0.15, 0.2) is 0 Å². The van der Waals surface area contributed by atoms with Gasteiger partial charge in [-0.1, -0.05) is 30.3 Å². The first-order valence-corrected chi connectivity index (χ1v) is 9.10. The van der Waals surface area contributed by atoms with Crippen LogP contribution >= 0.6 is 0 Å². The first kappa shape index (κ1) is 23.2. The topological polar surface area (TPSA) is 155 Å². The molecule has 1 fully saturated rings. The van der Waals surface area contributed by atoms with Crippen molar-refractivity contribution < 1.29 is 44.2 Å². The van der Waals surface area contributed by atoms with Crippen molar-refractivity contribution >= 4 is 11.9 Å². The number of amides is 1. The van der Waals surface area contributed by atoms with Crippen molar-refractivity contribution in [1.82, 2.24) is 5.32 Å². The summed E-state index contributed by atoms with van der Waals surface area (Å²) in [6.07, 6.45) is -6.60. The Morgan fingerprint density at radius 2 is 1.97 bits per heavy atom. The number of methoxy groups -OCH3 is 1.